The summed E-state index contributed by atoms with van der Waals surface area (Å²) in [5, 5.41) is 8.20. The lowest BCUT2D eigenvalue weighted by molar-refractivity contribution is 0.0770. The van der Waals surface area contributed by atoms with Crippen LogP contribution >= 0.6 is 0 Å². The second-order valence-corrected chi connectivity index (χ2v) is 5.20. The summed E-state index contributed by atoms with van der Waals surface area (Å²) in [4.78, 5) is 2.16. The monoisotopic (exact) mass is 273 g/mol. The minimum Gasteiger partial charge on any atom is -0.419 e. The van der Waals surface area contributed by atoms with Crippen molar-refractivity contribution in [2.24, 2.45) is 0 Å². The Morgan fingerprint density at radius 2 is 2.10 bits per heavy atom. The highest BCUT2D eigenvalue weighted by molar-refractivity contribution is 5.51. The standard InChI is InChI=1S/C15H19N3O2/c1-18(10-13-8-5-9-19-13)11-14-16-17-15(20-14)12-6-3-2-4-7-12/h2-4,6-7,13H,5,8-11H2,1H3/t13-/m1/s1. The largest absolute Gasteiger partial charge is 0.419 e. The third kappa shape index (κ3) is 3.23. The van der Waals surface area contributed by atoms with E-state index < -0.39 is 0 Å². The molecule has 1 aromatic carbocycles. The van der Waals surface area contributed by atoms with Crippen LogP contribution in [0.5, 0.6) is 0 Å². The van der Waals surface area contributed by atoms with Crippen LogP contribution in [0.2, 0.25) is 0 Å². The number of aromatic nitrogens is 2. The minimum atomic E-state index is 0.344. The zero-order valence-electron chi connectivity index (χ0n) is 11.7. The van der Waals surface area contributed by atoms with Crippen molar-refractivity contribution in [2.45, 2.75) is 25.5 Å². The topological polar surface area (TPSA) is 51.4 Å². The fourth-order valence-electron chi connectivity index (χ4n) is 2.45. The molecule has 1 saturated heterocycles. The highest BCUT2D eigenvalue weighted by Gasteiger charge is 2.18. The first-order valence-electron chi connectivity index (χ1n) is 6.99. The fourth-order valence-corrected chi connectivity index (χ4v) is 2.45. The predicted octanol–water partition coefficient (Wildman–Crippen LogP) is 2.35. The molecular weight excluding hydrogens is 254 g/mol. The molecule has 5 heteroatoms. The van der Waals surface area contributed by atoms with Gasteiger partial charge in [-0.05, 0) is 32.0 Å². The molecule has 0 bridgehead atoms. The summed E-state index contributed by atoms with van der Waals surface area (Å²) < 4.78 is 11.3. The van der Waals surface area contributed by atoms with Crippen molar-refractivity contribution in [3.8, 4) is 11.5 Å². The maximum atomic E-state index is 5.70. The molecule has 1 atom stereocenters. The summed E-state index contributed by atoms with van der Waals surface area (Å²) in [5.41, 5.74) is 0.952. The van der Waals surface area contributed by atoms with E-state index in [-0.39, 0.29) is 0 Å². The average Bonchev–Trinajstić information content (AvgIpc) is 3.11. The van der Waals surface area contributed by atoms with Gasteiger partial charge in [0.25, 0.3) is 0 Å². The van der Waals surface area contributed by atoms with Gasteiger partial charge in [0.05, 0.1) is 12.6 Å². The lowest BCUT2D eigenvalue weighted by atomic mass is 10.2. The van der Waals surface area contributed by atoms with E-state index in [9.17, 15) is 0 Å². The number of ether oxygens (including phenoxy) is 1. The van der Waals surface area contributed by atoms with Crippen molar-refractivity contribution in [1.29, 1.82) is 0 Å². The Balaban J connectivity index is 1.59. The van der Waals surface area contributed by atoms with Crippen LogP contribution in [0.15, 0.2) is 34.7 Å². The van der Waals surface area contributed by atoms with Crippen LogP contribution in [0.3, 0.4) is 0 Å². The molecular formula is C15H19N3O2. The number of benzene rings is 1. The van der Waals surface area contributed by atoms with Gasteiger partial charge in [0, 0.05) is 18.7 Å². The highest BCUT2D eigenvalue weighted by Crippen LogP contribution is 2.18. The van der Waals surface area contributed by atoms with Crippen LogP contribution in [-0.4, -0.2) is 41.4 Å². The van der Waals surface area contributed by atoms with Gasteiger partial charge in [-0.25, -0.2) is 0 Å². The van der Waals surface area contributed by atoms with Crippen LogP contribution in [0, 0.1) is 0 Å². The average molecular weight is 273 g/mol. The summed E-state index contributed by atoms with van der Waals surface area (Å²) in [7, 11) is 2.05. The Kier molecular flexibility index (Phi) is 4.08. The molecule has 0 saturated carbocycles. The summed E-state index contributed by atoms with van der Waals surface area (Å²) in [6, 6.07) is 9.82. The summed E-state index contributed by atoms with van der Waals surface area (Å²) in [5.74, 6) is 1.22. The zero-order chi connectivity index (χ0) is 13.8. The molecule has 1 aromatic heterocycles. The van der Waals surface area contributed by atoms with E-state index in [0.717, 1.165) is 31.6 Å². The van der Waals surface area contributed by atoms with Gasteiger partial charge >= 0.3 is 0 Å². The molecule has 0 amide bonds. The molecule has 1 aliphatic rings. The molecule has 3 rings (SSSR count). The van der Waals surface area contributed by atoms with E-state index in [1.54, 1.807) is 0 Å². The van der Waals surface area contributed by atoms with Crippen molar-refractivity contribution in [3.05, 3.63) is 36.2 Å². The van der Waals surface area contributed by atoms with Crippen molar-refractivity contribution in [1.82, 2.24) is 15.1 Å². The van der Waals surface area contributed by atoms with Crippen LogP contribution in [0.4, 0.5) is 0 Å². The summed E-state index contributed by atoms with van der Waals surface area (Å²) in [6.45, 7) is 2.44. The van der Waals surface area contributed by atoms with Crippen LogP contribution in [-0.2, 0) is 11.3 Å². The van der Waals surface area contributed by atoms with Crippen molar-refractivity contribution < 1.29 is 9.15 Å². The first kappa shape index (κ1) is 13.3. The van der Waals surface area contributed by atoms with Gasteiger partial charge in [-0.3, -0.25) is 4.90 Å². The molecule has 20 heavy (non-hydrogen) atoms. The summed E-state index contributed by atoms with van der Waals surface area (Å²) in [6.07, 6.45) is 2.65. The van der Waals surface area contributed by atoms with E-state index in [0.29, 0.717) is 24.4 Å². The minimum absolute atomic E-state index is 0.344. The van der Waals surface area contributed by atoms with E-state index in [1.165, 1.54) is 0 Å². The Morgan fingerprint density at radius 1 is 1.25 bits per heavy atom. The quantitative estimate of drug-likeness (QED) is 0.837. The molecule has 0 aliphatic carbocycles. The zero-order valence-corrected chi connectivity index (χ0v) is 11.7. The normalized spacial score (nSPS) is 18.8. The number of hydrogen-bond acceptors (Lipinski definition) is 5. The van der Waals surface area contributed by atoms with Crippen LogP contribution < -0.4 is 0 Å². The van der Waals surface area contributed by atoms with Crippen molar-refractivity contribution in [3.63, 3.8) is 0 Å². The Bertz CT molecular complexity index is 535. The lowest BCUT2D eigenvalue weighted by Gasteiger charge is -2.18. The Hall–Kier alpha value is -1.72. The number of hydrogen-bond donors (Lipinski definition) is 0. The second kappa shape index (κ2) is 6.15. The molecule has 2 heterocycles. The van der Waals surface area contributed by atoms with Crippen molar-refractivity contribution >= 4 is 0 Å². The van der Waals surface area contributed by atoms with E-state index >= 15 is 0 Å². The van der Waals surface area contributed by atoms with Gasteiger partial charge in [0.2, 0.25) is 11.8 Å². The highest BCUT2D eigenvalue weighted by atomic mass is 16.5. The SMILES string of the molecule is CN(Cc1nnc(-c2ccccc2)o1)C[C@H]1CCCO1. The van der Waals surface area contributed by atoms with Gasteiger partial charge < -0.3 is 9.15 Å². The Labute approximate surface area is 118 Å². The third-order valence-electron chi connectivity index (χ3n) is 3.43. The smallest absolute Gasteiger partial charge is 0.247 e. The third-order valence-corrected chi connectivity index (χ3v) is 3.43. The molecule has 0 unspecified atom stereocenters. The second-order valence-electron chi connectivity index (χ2n) is 5.20. The van der Waals surface area contributed by atoms with Gasteiger partial charge in [-0.15, -0.1) is 10.2 Å². The van der Waals surface area contributed by atoms with E-state index in [4.69, 9.17) is 9.15 Å². The molecule has 1 aliphatic heterocycles. The Morgan fingerprint density at radius 3 is 2.85 bits per heavy atom. The molecule has 106 valence electrons. The molecule has 1 fully saturated rings. The van der Waals surface area contributed by atoms with Gasteiger partial charge in [-0.1, -0.05) is 18.2 Å². The van der Waals surface area contributed by atoms with Gasteiger partial charge in [0.1, 0.15) is 0 Å². The molecule has 0 radical (unpaired) electrons. The van der Waals surface area contributed by atoms with Crippen LogP contribution in [0.1, 0.15) is 18.7 Å². The summed E-state index contributed by atoms with van der Waals surface area (Å²) >= 11 is 0. The fraction of sp³-hybridized carbons (Fsp3) is 0.467. The molecule has 5 nitrogen and oxygen atoms in total. The lowest BCUT2D eigenvalue weighted by Crippen LogP contribution is -2.28. The number of likely N-dealkylation sites (N-methyl/N-ethyl adjacent to an activating group) is 1. The van der Waals surface area contributed by atoms with Crippen molar-refractivity contribution in [2.75, 3.05) is 20.2 Å². The molecule has 2 aromatic rings. The van der Waals surface area contributed by atoms with Gasteiger partial charge in [0.15, 0.2) is 0 Å². The maximum absolute atomic E-state index is 5.70. The van der Waals surface area contributed by atoms with E-state index in [1.807, 2.05) is 37.4 Å². The van der Waals surface area contributed by atoms with Crippen LogP contribution in [0.25, 0.3) is 11.5 Å². The van der Waals surface area contributed by atoms with Gasteiger partial charge in [-0.2, -0.15) is 0 Å². The van der Waals surface area contributed by atoms with E-state index in [2.05, 4.69) is 15.1 Å². The predicted molar refractivity (Wildman–Crippen MR) is 75.0 cm³/mol. The number of nitrogens with zero attached hydrogens (tertiary/aromatic N) is 3. The molecule has 0 spiro atoms. The number of rotatable bonds is 5. The maximum Gasteiger partial charge on any atom is 0.247 e. The molecule has 0 N–H and O–H groups in total. The first-order chi connectivity index (χ1) is 9.81. The first-order valence-corrected chi connectivity index (χ1v) is 6.99.